The number of hydrogen-bond donors (Lipinski definition) is 0. The summed E-state index contributed by atoms with van der Waals surface area (Å²) in [4.78, 5) is 0. The third-order valence-corrected chi connectivity index (χ3v) is 11.3. The second-order valence-corrected chi connectivity index (χ2v) is 11.9. The quantitative estimate of drug-likeness (QED) is 0.293. The van der Waals surface area contributed by atoms with E-state index in [2.05, 4.69) is 133 Å². The smallest absolute Gasteiger partial charge is 0.0842 e. The van der Waals surface area contributed by atoms with Crippen LogP contribution in [0.2, 0.25) is 0 Å². The molecule has 0 saturated carbocycles. The summed E-state index contributed by atoms with van der Waals surface area (Å²) in [6, 6.07) is 42.4. The molecule has 31 heavy (non-hydrogen) atoms. The van der Waals surface area contributed by atoms with Gasteiger partial charge in [-0.3, -0.25) is 0 Å². The maximum Gasteiger partial charge on any atom is 0.176 e. The standard InChI is InChI=1S/C30H26Si/c1-5-15-25(16-6-1)29-23-13-14-24-30(29)31(26-17-7-2-8-18-26,27-19-9-3-10-20-27)28-21-11-4-12-22-28/h1-11,13-21,23-24H,12,22H2. The van der Waals surface area contributed by atoms with Gasteiger partial charge in [-0.15, -0.1) is 0 Å². The minimum Gasteiger partial charge on any atom is -0.0842 e. The summed E-state index contributed by atoms with van der Waals surface area (Å²) in [7, 11) is -2.44. The first-order valence-corrected chi connectivity index (χ1v) is 13.0. The summed E-state index contributed by atoms with van der Waals surface area (Å²) in [5, 5.41) is 5.95. The average molecular weight is 415 g/mol. The van der Waals surface area contributed by atoms with Crippen molar-refractivity contribution >= 4 is 23.6 Å². The summed E-state index contributed by atoms with van der Waals surface area (Å²) in [6.07, 6.45) is 9.17. The molecule has 4 aromatic carbocycles. The fourth-order valence-corrected chi connectivity index (χ4v) is 10.3. The van der Waals surface area contributed by atoms with Gasteiger partial charge in [0.25, 0.3) is 0 Å². The Bertz CT molecular complexity index is 1170. The van der Waals surface area contributed by atoms with Crippen LogP contribution in [0.25, 0.3) is 11.1 Å². The van der Waals surface area contributed by atoms with Crippen molar-refractivity contribution < 1.29 is 0 Å². The SMILES string of the molecule is C1=CCCC([Si](c2ccccc2)(c2ccccc2)c2ccccc2-c2ccccc2)=C1. The highest BCUT2D eigenvalue weighted by Crippen LogP contribution is 2.28. The normalized spacial score (nSPS) is 13.6. The van der Waals surface area contributed by atoms with Crippen molar-refractivity contribution in [2.75, 3.05) is 0 Å². The molecule has 4 aromatic rings. The van der Waals surface area contributed by atoms with Crippen molar-refractivity contribution in [2.24, 2.45) is 0 Å². The molecule has 0 N–H and O–H groups in total. The fourth-order valence-electron chi connectivity index (χ4n) is 4.99. The minimum absolute atomic E-state index is 1.10. The highest BCUT2D eigenvalue weighted by Gasteiger charge is 2.44. The van der Waals surface area contributed by atoms with E-state index in [1.807, 2.05) is 0 Å². The van der Waals surface area contributed by atoms with Crippen molar-refractivity contribution in [1.29, 1.82) is 0 Å². The molecule has 0 nitrogen and oxygen atoms in total. The van der Waals surface area contributed by atoms with Gasteiger partial charge in [0.1, 0.15) is 0 Å². The van der Waals surface area contributed by atoms with Crippen molar-refractivity contribution in [1.82, 2.24) is 0 Å². The van der Waals surface area contributed by atoms with E-state index in [1.165, 1.54) is 26.7 Å². The molecule has 1 aliphatic rings. The number of hydrogen-bond acceptors (Lipinski definition) is 0. The van der Waals surface area contributed by atoms with E-state index in [0.717, 1.165) is 12.8 Å². The molecule has 0 unspecified atom stereocenters. The predicted octanol–water partition coefficient (Wildman–Crippen LogP) is 5.64. The van der Waals surface area contributed by atoms with Gasteiger partial charge in [-0.2, -0.15) is 0 Å². The summed E-state index contributed by atoms with van der Waals surface area (Å²) < 4.78 is 0. The topological polar surface area (TPSA) is 0 Å². The summed E-state index contributed by atoms with van der Waals surface area (Å²) in [5.74, 6) is 0. The van der Waals surface area contributed by atoms with Gasteiger partial charge in [-0.1, -0.05) is 139 Å². The van der Waals surface area contributed by atoms with Crippen LogP contribution in [0.5, 0.6) is 0 Å². The average Bonchev–Trinajstić information content (AvgIpc) is 2.87. The lowest BCUT2D eigenvalue weighted by Crippen LogP contribution is -2.69. The van der Waals surface area contributed by atoms with Crippen molar-refractivity contribution in [3.63, 3.8) is 0 Å². The Hall–Kier alpha value is -3.42. The number of benzene rings is 4. The highest BCUT2D eigenvalue weighted by molar-refractivity contribution is 7.16. The Labute approximate surface area is 186 Å². The largest absolute Gasteiger partial charge is 0.176 e. The Balaban J connectivity index is 1.91. The Kier molecular flexibility index (Phi) is 5.51. The second-order valence-electron chi connectivity index (χ2n) is 8.05. The van der Waals surface area contributed by atoms with Crippen LogP contribution in [0.1, 0.15) is 12.8 Å². The number of allylic oxidation sites excluding steroid dienone is 4. The van der Waals surface area contributed by atoms with Crippen LogP contribution in [0.15, 0.2) is 139 Å². The monoisotopic (exact) mass is 414 g/mol. The van der Waals surface area contributed by atoms with E-state index in [9.17, 15) is 0 Å². The molecule has 0 aromatic heterocycles. The van der Waals surface area contributed by atoms with Gasteiger partial charge in [-0.05, 0) is 39.5 Å². The third-order valence-electron chi connectivity index (χ3n) is 6.32. The maximum absolute atomic E-state index is 2.44. The Morgan fingerprint density at radius 3 is 1.68 bits per heavy atom. The van der Waals surface area contributed by atoms with Crippen LogP contribution in [0, 0.1) is 0 Å². The molecule has 1 heteroatoms. The van der Waals surface area contributed by atoms with E-state index in [-0.39, 0.29) is 0 Å². The molecular weight excluding hydrogens is 388 g/mol. The lowest BCUT2D eigenvalue weighted by molar-refractivity contribution is 1.01. The first-order valence-electron chi connectivity index (χ1n) is 11.0. The first-order chi connectivity index (χ1) is 15.4. The van der Waals surface area contributed by atoms with Gasteiger partial charge in [0.05, 0.1) is 0 Å². The first kappa shape index (κ1) is 19.5. The van der Waals surface area contributed by atoms with Crippen LogP contribution < -0.4 is 15.6 Å². The molecule has 0 heterocycles. The molecule has 1 aliphatic carbocycles. The Morgan fingerprint density at radius 1 is 0.548 bits per heavy atom. The van der Waals surface area contributed by atoms with Crippen molar-refractivity contribution in [3.8, 4) is 11.1 Å². The molecule has 0 saturated heterocycles. The van der Waals surface area contributed by atoms with E-state index >= 15 is 0 Å². The zero-order chi connectivity index (χ0) is 20.9. The molecule has 0 radical (unpaired) electrons. The number of rotatable bonds is 5. The van der Waals surface area contributed by atoms with Crippen LogP contribution >= 0.6 is 0 Å². The molecule has 0 spiro atoms. The summed E-state index contributed by atoms with van der Waals surface area (Å²) >= 11 is 0. The van der Waals surface area contributed by atoms with Crippen molar-refractivity contribution in [2.45, 2.75) is 12.8 Å². The van der Waals surface area contributed by atoms with E-state index in [4.69, 9.17) is 0 Å². The van der Waals surface area contributed by atoms with E-state index in [1.54, 1.807) is 5.20 Å². The molecule has 0 bridgehead atoms. The molecular formula is C30H26Si. The van der Waals surface area contributed by atoms with E-state index in [0.29, 0.717) is 0 Å². The predicted molar refractivity (Wildman–Crippen MR) is 136 cm³/mol. The summed E-state index contributed by atoms with van der Waals surface area (Å²) in [6.45, 7) is 0. The zero-order valence-electron chi connectivity index (χ0n) is 17.6. The minimum atomic E-state index is -2.44. The maximum atomic E-state index is 2.40. The van der Waals surface area contributed by atoms with Crippen LogP contribution in [0.4, 0.5) is 0 Å². The molecule has 5 rings (SSSR count). The molecule has 0 amide bonds. The van der Waals surface area contributed by atoms with Gasteiger partial charge in [0.15, 0.2) is 8.07 Å². The summed E-state index contributed by atoms with van der Waals surface area (Å²) in [5.41, 5.74) is 2.63. The Morgan fingerprint density at radius 2 is 1.10 bits per heavy atom. The van der Waals surface area contributed by atoms with Gasteiger partial charge in [0, 0.05) is 0 Å². The van der Waals surface area contributed by atoms with Crippen molar-refractivity contribution in [3.05, 3.63) is 139 Å². The van der Waals surface area contributed by atoms with Crippen LogP contribution in [0.3, 0.4) is 0 Å². The lowest BCUT2D eigenvalue weighted by atomic mass is 10.1. The fraction of sp³-hybridized carbons (Fsp3) is 0.0667. The highest BCUT2D eigenvalue weighted by atomic mass is 28.3. The molecule has 0 atom stereocenters. The molecule has 0 fully saturated rings. The van der Waals surface area contributed by atoms with Crippen LogP contribution in [-0.2, 0) is 0 Å². The lowest BCUT2D eigenvalue weighted by Gasteiger charge is -2.38. The van der Waals surface area contributed by atoms with Gasteiger partial charge in [0.2, 0.25) is 0 Å². The van der Waals surface area contributed by atoms with E-state index < -0.39 is 8.07 Å². The van der Waals surface area contributed by atoms with Gasteiger partial charge in [-0.25, -0.2) is 0 Å². The zero-order valence-corrected chi connectivity index (χ0v) is 18.6. The molecule has 150 valence electrons. The third kappa shape index (κ3) is 3.52. The van der Waals surface area contributed by atoms with Gasteiger partial charge < -0.3 is 0 Å². The molecule has 0 aliphatic heterocycles. The van der Waals surface area contributed by atoms with Gasteiger partial charge >= 0.3 is 0 Å². The second kappa shape index (κ2) is 8.75. The van der Waals surface area contributed by atoms with Crippen LogP contribution in [-0.4, -0.2) is 8.07 Å².